The highest BCUT2D eigenvalue weighted by Gasteiger charge is 2.30. The van der Waals surface area contributed by atoms with Gasteiger partial charge in [-0.25, -0.2) is 0 Å². The highest BCUT2D eigenvalue weighted by atomic mass is 127. The maximum Gasteiger partial charge on any atom is 0.150 e. The highest BCUT2D eigenvalue weighted by Crippen LogP contribution is 2.45. The summed E-state index contributed by atoms with van der Waals surface area (Å²) in [5.74, 6) is 0.522. The summed E-state index contributed by atoms with van der Waals surface area (Å²) in [5, 5.41) is 0. The molecule has 4 heteroatoms. The van der Waals surface area contributed by atoms with E-state index in [0.717, 1.165) is 18.4 Å². The molecule has 0 bridgehead atoms. The summed E-state index contributed by atoms with van der Waals surface area (Å²) in [4.78, 5) is 11.2. The van der Waals surface area contributed by atoms with Gasteiger partial charge < -0.3 is 4.31 Å². The molecular weight excluding hydrogens is 345 g/mol. The molecule has 1 heterocycles. The number of anilines is 1. The van der Waals surface area contributed by atoms with Crippen LogP contribution in [-0.2, 0) is 0 Å². The van der Waals surface area contributed by atoms with Gasteiger partial charge in [-0.2, -0.15) is 0 Å². The number of rotatable bonds is 5. The van der Waals surface area contributed by atoms with E-state index < -0.39 is 0 Å². The lowest BCUT2D eigenvalue weighted by Crippen LogP contribution is -2.11. The first-order valence-electron chi connectivity index (χ1n) is 5.96. The number of hydrogen-bond donors (Lipinski definition) is 0. The molecule has 0 saturated heterocycles. The number of aldehydes is 1. The summed E-state index contributed by atoms with van der Waals surface area (Å²) in [5.41, 5.74) is 3.37. The lowest BCUT2D eigenvalue weighted by molar-refractivity contribution is 0.112. The van der Waals surface area contributed by atoms with Crippen molar-refractivity contribution < 1.29 is 4.79 Å². The number of halogens is 1. The van der Waals surface area contributed by atoms with Crippen LogP contribution < -0.4 is 4.31 Å². The Hall–Kier alpha value is -0.230. The molecule has 0 N–H and O–H groups in total. The molecule has 0 amide bonds. The number of benzene rings is 1. The zero-order valence-corrected chi connectivity index (χ0v) is 12.8. The van der Waals surface area contributed by atoms with E-state index in [0.29, 0.717) is 5.92 Å². The zero-order chi connectivity index (χ0) is 12.3. The largest absolute Gasteiger partial charge is 0.307 e. The molecule has 0 aromatic heterocycles. The van der Waals surface area contributed by atoms with Gasteiger partial charge in [0.2, 0.25) is 0 Å². The van der Waals surface area contributed by atoms with Crippen molar-refractivity contribution in [1.29, 1.82) is 0 Å². The molecule has 17 heavy (non-hydrogen) atoms. The van der Waals surface area contributed by atoms with Gasteiger partial charge in [0.15, 0.2) is 0 Å². The van der Waals surface area contributed by atoms with Gasteiger partial charge in [-0.1, -0.05) is 31.9 Å². The van der Waals surface area contributed by atoms with Crippen molar-refractivity contribution in [2.75, 3.05) is 10.8 Å². The summed E-state index contributed by atoms with van der Waals surface area (Å²) < 4.78 is 2.29. The second kappa shape index (κ2) is 6.09. The quantitative estimate of drug-likeness (QED) is 0.435. The Bertz CT molecular complexity index is 410. The maximum absolute atomic E-state index is 11.2. The van der Waals surface area contributed by atoms with E-state index in [9.17, 15) is 4.79 Å². The number of unbranched alkanes of at least 4 members (excludes halogenated alkanes) is 1. The molecule has 1 aromatic rings. The van der Waals surface area contributed by atoms with E-state index in [1.54, 1.807) is 9.12 Å². The van der Waals surface area contributed by atoms with Crippen LogP contribution in [0.2, 0.25) is 0 Å². The van der Waals surface area contributed by atoms with Crippen LogP contribution in [-0.4, -0.2) is 12.8 Å². The highest BCUT2D eigenvalue weighted by molar-refractivity contribution is 14.2. The molecule has 0 fully saturated rings. The van der Waals surface area contributed by atoms with E-state index >= 15 is 0 Å². The monoisotopic (exact) mass is 361 g/mol. The Morgan fingerprint density at radius 1 is 1.59 bits per heavy atom. The minimum Gasteiger partial charge on any atom is -0.307 e. The predicted octanol–water partition coefficient (Wildman–Crippen LogP) is 4.59. The fourth-order valence-electron chi connectivity index (χ4n) is 2.48. The van der Waals surface area contributed by atoms with Gasteiger partial charge in [-0.05, 0) is 18.1 Å². The standard InChI is InChI=1S/C13H16INOS/c1-2-3-5-10-8-15(17-14)12-7-4-6-11(9-16)13(10)12/h4,6-7,9-10H,2-3,5,8H2,1H3/t10-/m0/s1. The van der Waals surface area contributed by atoms with E-state index in [2.05, 4.69) is 38.5 Å². The lowest BCUT2D eigenvalue weighted by atomic mass is 9.92. The van der Waals surface area contributed by atoms with Crippen molar-refractivity contribution in [3.8, 4) is 0 Å². The summed E-state index contributed by atoms with van der Waals surface area (Å²) in [6.07, 6.45) is 4.63. The molecule has 92 valence electrons. The zero-order valence-electron chi connectivity index (χ0n) is 9.86. The molecule has 1 aromatic carbocycles. The normalized spacial score (nSPS) is 18.2. The Kier molecular flexibility index (Phi) is 4.73. The summed E-state index contributed by atoms with van der Waals surface area (Å²) >= 11 is 2.31. The summed E-state index contributed by atoms with van der Waals surface area (Å²) in [6.45, 7) is 3.25. The van der Waals surface area contributed by atoms with Crippen molar-refractivity contribution in [3.05, 3.63) is 29.3 Å². The Morgan fingerprint density at radius 2 is 2.41 bits per heavy atom. The summed E-state index contributed by atoms with van der Waals surface area (Å²) in [7, 11) is 1.72. The number of carbonyl (C=O) groups excluding carboxylic acids is 1. The van der Waals surface area contributed by atoms with Crippen LogP contribution in [0, 0.1) is 0 Å². The first-order valence-corrected chi connectivity index (χ1v) is 9.27. The molecule has 0 unspecified atom stereocenters. The van der Waals surface area contributed by atoms with Crippen LogP contribution in [0.25, 0.3) is 0 Å². The predicted molar refractivity (Wildman–Crippen MR) is 83.1 cm³/mol. The first-order chi connectivity index (χ1) is 8.31. The smallest absolute Gasteiger partial charge is 0.150 e. The van der Waals surface area contributed by atoms with Gasteiger partial charge in [0.1, 0.15) is 6.29 Å². The minimum atomic E-state index is 0.522. The Morgan fingerprint density at radius 3 is 3.06 bits per heavy atom. The molecule has 0 saturated carbocycles. The SMILES string of the molecule is CCCC[C@H]1CN(SI)c2cccc(C=O)c21. The van der Waals surface area contributed by atoms with Crippen molar-refractivity contribution >= 4 is 42.3 Å². The lowest BCUT2D eigenvalue weighted by Gasteiger charge is -2.13. The van der Waals surface area contributed by atoms with Crippen molar-refractivity contribution in [2.24, 2.45) is 0 Å². The van der Waals surface area contributed by atoms with Crippen LogP contribution in [0.3, 0.4) is 0 Å². The third-order valence-electron chi connectivity index (χ3n) is 3.30. The topological polar surface area (TPSA) is 20.3 Å². The molecule has 0 aliphatic carbocycles. The van der Waals surface area contributed by atoms with Crippen LogP contribution in [0.1, 0.15) is 48.0 Å². The third kappa shape index (κ3) is 2.62. The fourth-order valence-corrected chi connectivity index (χ4v) is 4.07. The molecule has 0 radical (unpaired) electrons. The molecule has 1 aliphatic heterocycles. The molecule has 0 spiro atoms. The van der Waals surface area contributed by atoms with Crippen LogP contribution >= 0.6 is 30.3 Å². The maximum atomic E-state index is 11.2. The van der Waals surface area contributed by atoms with Gasteiger partial charge in [-0.15, -0.1) is 0 Å². The number of fused-ring (bicyclic) bond motifs is 1. The number of carbonyl (C=O) groups is 1. The van der Waals surface area contributed by atoms with E-state index in [1.807, 2.05) is 12.1 Å². The summed E-state index contributed by atoms with van der Waals surface area (Å²) in [6, 6.07) is 6.04. The third-order valence-corrected chi connectivity index (χ3v) is 5.24. The average molecular weight is 361 g/mol. The Labute approximate surface area is 119 Å². The van der Waals surface area contributed by atoms with E-state index in [-0.39, 0.29) is 0 Å². The van der Waals surface area contributed by atoms with E-state index in [4.69, 9.17) is 0 Å². The Balaban J connectivity index is 2.35. The molecule has 1 aliphatic rings. The number of hydrogen-bond acceptors (Lipinski definition) is 3. The fraction of sp³-hybridized carbons (Fsp3) is 0.462. The van der Waals surface area contributed by atoms with E-state index in [1.165, 1.54) is 30.5 Å². The van der Waals surface area contributed by atoms with Crippen molar-refractivity contribution in [1.82, 2.24) is 0 Å². The molecular formula is C13H16INOS. The van der Waals surface area contributed by atoms with Crippen LogP contribution in [0.15, 0.2) is 18.2 Å². The molecule has 2 rings (SSSR count). The van der Waals surface area contributed by atoms with Gasteiger partial charge >= 0.3 is 0 Å². The van der Waals surface area contributed by atoms with Crippen molar-refractivity contribution in [2.45, 2.75) is 32.1 Å². The van der Waals surface area contributed by atoms with Gasteiger partial charge in [0.25, 0.3) is 0 Å². The van der Waals surface area contributed by atoms with Crippen molar-refractivity contribution in [3.63, 3.8) is 0 Å². The molecule has 2 nitrogen and oxygen atoms in total. The van der Waals surface area contributed by atoms with Gasteiger partial charge in [0, 0.05) is 48.4 Å². The minimum absolute atomic E-state index is 0.522. The number of nitrogens with zero attached hydrogens (tertiary/aromatic N) is 1. The second-order valence-electron chi connectivity index (χ2n) is 4.37. The first kappa shape index (κ1) is 13.2. The second-order valence-corrected chi connectivity index (χ2v) is 6.13. The van der Waals surface area contributed by atoms with Gasteiger partial charge in [-0.3, -0.25) is 4.79 Å². The average Bonchev–Trinajstić information content (AvgIpc) is 2.74. The molecule has 1 atom stereocenters. The van der Waals surface area contributed by atoms with Crippen LogP contribution in [0.5, 0.6) is 0 Å². The van der Waals surface area contributed by atoms with Gasteiger partial charge in [0.05, 0.1) is 5.69 Å². The van der Waals surface area contributed by atoms with Crippen LogP contribution in [0.4, 0.5) is 5.69 Å².